The van der Waals surface area contributed by atoms with Gasteiger partial charge in [-0.25, -0.2) is 39.1 Å². The minimum absolute atomic E-state index is 0.0161. The number of hydrogen-bond acceptors (Lipinski definition) is 24. The van der Waals surface area contributed by atoms with Crippen molar-refractivity contribution >= 4 is 223 Å². The van der Waals surface area contributed by atoms with Gasteiger partial charge in [-0.3, -0.25) is 28.1 Å². The van der Waals surface area contributed by atoms with E-state index in [4.69, 9.17) is 93.6 Å². The molecule has 13 heterocycles. The lowest BCUT2D eigenvalue weighted by Gasteiger charge is -2.32. The van der Waals surface area contributed by atoms with Crippen molar-refractivity contribution in [2.75, 3.05) is 39.6 Å². The quantitative estimate of drug-likeness (QED) is 0.0325. The van der Waals surface area contributed by atoms with Crippen LogP contribution in [0.4, 0.5) is 0 Å². The van der Waals surface area contributed by atoms with Gasteiger partial charge in [0.1, 0.15) is 20.6 Å². The third kappa shape index (κ3) is 25.6. The van der Waals surface area contributed by atoms with Gasteiger partial charge in [-0.15, -0.1) is 0 Å². The maximum absolute atomic E-state index is 13.5. The summed E-state index contributed by atoms with van der Waals surface area (Å²) >= 11 is 38.2. The molecule has 6 saturated heterocycles. The Kier molecular flexibility index (Phi) is 36.5. The number of alkyl halides is 2. The summed E-state index contributed by atoms with van der Waals surface area (Å²) in [6.07, 6.45) is 11.5. The monoisotopic (exact) mass is 2230 g/mol. The van der Waals surface area contributed by atoms with E-state index in [1.807, 2.05) is 210 Å². The first kappa shape index (κ1) is 105. The second-order valence-corrected chi connectivity index (χ2v) is 45.2. The molecule has 40 heteroatoms. The zero-order valence-corrected chi connectivity index (χ0v) is 86.9. The zero-order valence-electron chi connectivity index (χ0n) is 75.1. The fourth-order valence-electron chi connectivity index (χ4n) is 15.5. The van der Waals surface area contributed by atoms with Crippen LogP contribution in [0.2, 0.25) is 20.6 Å². The number of rotatable bonds is 10. The highest BCUT2D eigenvalue weighted by molar-refractivity contribution is 9.78. The van der Waals surface area contributed by atoms with E-state index < -0.39 is 58.3 Å². The molecule has 704 valence electrons. The minimum Gasteiger partial charge on any atom is -0.405 e. The van der Waals surface area contributed by atoms with Crippen molar-refractivity contribution in [1.82, 2.24) is 48.6 Å². The van der Waals surface area contributed by atoms with E-state index in [0.29, 0.717) is 98.8 Å². The fourth-order valence-corrected chi connectivity index (χ4v) is 17.5. The van der Waals surface area contributed by atoms with Crippen molar-refractivity contribution in [3.8, 4) is 0 Å². The number of aromatic nitrogens is 10. The molecule has 0 saturated carbocycles. The van der Waals surface area contributed by atoms with Crippen molar-refractivity contribution in [3.63, 3.8) is 0 Å². The van der Waals surface area contributed by atoms with Gasteiger partial charge in [0.2, 0.25) is 0 Å². The highest BCUT2D eigenvalue weighted by atomic mass is 79.9. The smallest absolute Gasteiger partial charge is 0.405 e. The van der Waals surface area contributed by atoms with Gasteiger partial charge in [0.25, 0.3) is 16.7 Å². The van der Waals surface area contributed by atoms with E-state index in [2.05, 4.69) is 112 Å². The van der Waals surface area contributed by atoms with Gasteiger partial charge in [0.05, 0.1) is 148 Å². The number of pyridine rings is 4. The summed E-state index contributed by atoms with van der Waals surface area (Å²) in [4.78, 5) is 69.1. The number of aliphatic hydroxyl groups excluding tert-OH is 4. The van der Waals surface area contributed by atoms with Gasteiger partial charge in [-0.05, 0) is 225 Å². The molecule has 4 N–H and O–H groups in total. The summed E-state index contributed by atoms with van der Waals surface area (Å²) in [6, 6.07) is 42.9. The van der Waals surface area contributed by atoms with E-state index >= 15 is 0 Å². The molecule has 0 radical (unpaired) electrons. The normalized spacial score (nSPS) is 20.6. The number of halogens is 9. The number of nitrogens with zero attached hydrogens (tertiary/aromatic N) is 10. The first-order valence-corrected chi connectivity index (χ1v) is 52.1. The first-order chi connectivity index (χ1) is 63.1. The Bertz CT molecular complexity index is 6310. The Hall–Kier alpha value is -6.50. The third-order valence-electron chi connectivity index (χ3n) is 24.7. The molecular weight excluding hydrogens is 2130 g/mol. The van der Waals surface area contributed by atoms with E-state index in [9.17, 15) is 33.9 Å². The van der Waals surface area contributed by atoms with Crippen LogP contribution in [0.1, 0.15) is 148 Å². The molecule has 6 aromatic carbocycles. The van der Waals surface area contributed by atoms with Crippen LogP contribution in [0.5, 0.6) is 0 Å². The van der Waals surface area contributed by atoms with Gasteiger partial charge in [0.15, 0.2) is 7.67 Å². The van der Waals surface area contributed by atoms with Gasteiger partial charge in [-0.1, -0.05) is 167 Å². The largest absolute Gasteiger partial charge is 0.495 e. The van der Waals surface area contributed by atoms with E-state index in [-0.39, 0.29) is 83.6 Å². The zero-order chi connectivity index (χ0) is 96.2. The summed E-state index contributed by atoms with van der Waals surface area (Å²) in [5, 5.41) is 50.4. The molecule has 133 heavy (non-hydrogen) atoms. The van der Waals surface area contributed by atoms with E-state index in [1.165, 1.54) is 9.13 Å². The van der Waals surface area contributed by atoms with Crippen molar-refractivity contribution < 1.29 is 66.8 Å². The van der Waals surface area contributed by atoms with Crippen LogP contribution in [0.15, 0.2) is 202 Å². The third-order valence-corrected chi connectivity index (χ3v) is 27.5. The molecule has 0 unspecified atom stereocenters. The molecule has 0 spiro atoms. The topological polar surface area (TPSA) is 337 Å². The highest BCUT2D eigenvalue weighted by Crippen LogP contribution is 2.44. The van der Waals surface area contributed by atoms with Crippen molar-refractivity contribution in [3.05, 3.63) is 267 Å². The fraction of sp³-hybridized carbons (Fsp3) is 0.398. The van der Waals surface area contributed by atoms with E-state index in [1.54, 1.807) is 60.5 Å². The predicted molar refractivity (Wildman–Crippen MR) is 545 cm³/mol. The second kappa shape index (κ2) is 46.1. The average molecular weight is 2240 g/mol. The molecular formula is C93H102B3Br5Cl4N10O17S. The Labute approximate surface area is 834 Å². The Balaban J connectivity index is 0.000000146. The van der Waals surface area contributed by atoms with Crippen molar-refractivity contribution in [2.45, 2.75) is 196 Å². The summed E-state index contributed by atoms with van der Waals surface area (Å²) in [6.45, 7) is 26.5. The summed E-state index contributed by atoms with van der Waals surface area (Å²) in [5.41, 5.74) is 5.04. The molecule has 0 aliphatic carbocycles. The number of aliphatic hydroxyl groups is 4. The molecule has 6 atom stereocenters. The highest BCUT2D eigenvalue weighted by Gasteiger charge is 2.64. The summed E-state index contributed by atoms with van der Waals surface area (Å²) < 4.78 is 67.2. The Morgan fingerprint density at radius 1 is 0.406 bits per heavy atom. The average Bonchev–Trinajstić information content (AvgIpc) is 1.72. The molecule has 6 aliphatic heterocycles. The van der Waals surface area contributed by atoms with Gasteiger partial charge in [0, 0.05) is 106 Å². The van der Waals surface area contributed by atoms with E-state index in [0.717, 1.165) is 80.7 Å². The van der Waals surface area contributed by atoms with Gasteiger partial charge >= 0.3 is 21.1 Å². The molecule has 6 aliphatic rings. The molecule has 7 aromatic heterocycles. The van der Waals surface area contributed by atoms with Gasteiger partial charge < -0.3 is 62.6 Å². The number of fused-ring (bicyclic) bond motifs is 9. The van der Waals surface area contributed by atoms with Crippen LogP contribution < -0.4 is 22.1 Å². The Morgan fingerprint density at radius 3 is 1.05 bits per heavy atom. The molecule has 19 rings (SSSR count). The molecule has 0 bridgehead atoms. The minimum atomic E-state index is -0.986. The van der Waals surface area contributed by atoms with Crippen LogP contribution in [-0.2, 0) is 73.5 Å². The number of benzene rings is 6. The predicted octanol–water partition coefficient (Wildman–Crippen LogP) is 18.4. The lowest BCUT2D eigenvalue weighted by Crippen LogP contribution is -2.41. The molecule has 13 aromatic rings. The molecule has 0 amide bonds. The summed E-state index contributed by atoms with van der Waals surface area (Å²) in [5.74, 6) is 0. The lowest BCUT2D eigenvalue weighted by molar-refractivity contribution is -0.0395. The maximum atomic E-state index is 13.5. The van der Waals surface area contributed by atoms with Crippen molar-refractivity contribution in [2.24, 2.45) is 0 Å². The lowest BCUT2D eigenvalue weighted by atomic mass is 9.49. The van der Waals surface area contributed by atoms with Crippen LogP contribution in [0.25, 0.3) is 65.0 Å². The summed E-state index contributed by atoms with van der Waals surface area (Å²) in [7, 11) is -2.53. The van der Waals surface area contributed by atoms with Crippen LogP contribution in [-0.4, -0.2) is 186 Å². The standard InChI is InChI=1S/C23H27BN2O5.C23H20ClN3O3.C17H15BrN2O3.C12H24B2O4.2C6H5BrClN.C6H6ClNO.Br2OS/c1-22(2)23(3,4)31-24(30-22)17-11-16-20(15-8-6-5-7-14(15)17)25-13-26(21(16)28)18-9-10-29-12-19(18)27;24-21-10-14(5-7-25-21)9-15-11-18-22(17-4-2-1-3-16(15)17)26-13-27(23(18)29)19-6-8-30-12-20(19)28;18-13-7-12-16(11-4-2-1-3-10(11)13)19-9-20(17(12)22)14-5-6-23-8-15(14)21;1-9(2)10(3,4)16-13(15-9)14-17-11(5,6)12(7,8)18-14;2*7-4-5-1-2-9-6(8)3-5;7-6-3-5(4-9)1-2-8-6;1-4(2)3/h5-8,11,13,18-19,27H,9-10,12H2,1-4H3;1-5,7,10-11,13,19-20,28H,6,8-9,12H2;1-4,7,9,14-15,21H,5-6,8H2;1-8H3;2*1-3H,4H2;1-3,9H,4H2;/t18-,19-;19-,20-;14-,15-;;;;;/m000...../s1. The Morgan fingerprint density at radius 2 is 0.707 bits per heavy atom. The number of hydrogen-bond donors (Lipinski definition) is 4. The van der Waals surface area contributed by atoms with Crippen molar-refractivity contribution in [1.29, 1.82) is 0 Å². The maximum Gasteiger partial charge on any atom is 0.495 e. The number of ether oxygens (including phenoxy) is 3. The second-order valence-electron chi connectivity index (χ2n) is 35.1. The van der Waals surface area contributed by atoms with Crippen LogP contribution in [0.3, 0.4) is 0 Å². The van der Waals surface area contributed by atoms with Crippen LogP contribution >= 0.6 is 124 Å². The van der Waals surface area contributed by atoms with Gasteiger partial charge in [-0.2, -0.15) is 0 Å². The molecule has 6 fully saturated rings. The SMILES string of the molecule is CC1(C)OB(B2OC(C)(C)C(C)(C)O2)OC1(C)C.CC1(C)OB(c2cc3c(=O)n([C@H]4CCOC[C@@H]4O)cnc3c3ccccc23)OC1(C)C.Clc1cc(CBr)ccn1.Clc1cc(CBr)ccn1.O=S(Br)Br.O=c1c2cc(Br)c3ccccc3c2ncn1[C@H]1CCOC[C@@H]1O.O=c1c2cc(Cc3ccnc(Cl)c3)c3ccccc3c2ncn1[C@H]1CCOC[C@@H]1O.OCc1ccnc(Cl)c1. The molecule has 27 nitrogen and oxygen atoms in total. The first-order valence-electron chi connectivity index (χ1n) is 42.7. The van der Waals surface area contributed by atoms with Crippen LogP contribution in [0, 0.1) is 0 Å².